The van der Waals surface area contributed by atoms with Crippen LogP contribution in [0.5, 0.6) is 0 Å². The van der Waals surface area contributed by atoms with Crippen molar-refractivity contribution in [2.75, 3.05) is 18.1 Å². The summed E-state index contributed by atoms with van der Waals surface area (Å²) in [7, 11) is 0. The molecule has 104 valence electrons. The van der Waals surface area contributed by atoms with Crippen LogP contribution >= 0.6 is 23.4 Å². The van der Waals surface area contributed by atoms with E-state index in [4.69, 9.17) is 16.3 Å². The first kappa shape index (κ1) is 13.5. The van der Waals surface area contributed by atoms with Crippen LogP contribution in [0.4, 0.5) is 0 Å². The minimum absolute atomic E-state index is 0.0206. The quantitative estimate of drug-likeness (QED) is 0.748. The Morgan fingerprint density at radius 2 is 2.26 bits per heavy atom. The lowest BCUT2D eigenvalue weighted by molar-refractivity contribution is -0.0993. The van der Waals surface area contributed by atoms with Crippen LogP contribution < -0.4 is 5.56 Å². The zero-order valence-corrected chi connectivity index (χ0v) is 12.3. The van der Waals surface area contributed by atoms with Crippen LogP contribution in [-0.4, -0.2) is 33.3 Å². The van der Waals surface area contributed by atoms with E-state index in [1.54, 1.807) is 10.9 Å². The standard InChI is InChI=1S/C13H17ClN2O2S/c14-11-7-12(17)16(9-15-11)10-1-4-18-13(8-10)2-5-19-6-3-13/h7,9-10H,1-6,8H2. The van der Waals surface area contributed by atoms with E-state index >= 15 is 0 Å². The van der Waals surface area contributed by atoms with E-state index < -0.39 is 0 Å². The molecule has 3 rings (SSSR count). The molecule has 1 atom stereocenters. The zero-order chi connectivity index (χ0) is 13.3. The second-order valence-electron chi connectivity index (χ2n) is 5.25. The van der Waals surface area contributed by atoms with Crippen molar-refractivity contribution in [1.29, 1.82) is 0 Å². The van der Waals surface area contributed by atoms with Crippen LogP contribution in [-0.2, 0) is 4.74 Å². The first-order chi connectivity index (χ1) is 9.19. The number of hydrogen-bond acceptors (Lipinski definition) is 4. The van der Waals surface area contributed by atoms with Gasteiger partial charge in [0.1, 0.15) is 5.15 Å². The maximum absolute atomic E-state index is 12.0. The predicted octanol–water partition coefficient (Wildman–Crippen LogP) is 2.51. The number of thioether (sulfide) groups is 1. The van der Waals surface area contributed by atoms with Crippen molar-refractivity contribution < 1.29 is 4.74 Å². The zero-order valence-electron chi connectivity index (χ0n) is 10.7. The average Bonchev–Trinajstić information content (AvgIpc) is 2.39. The highest BCUT2D eigenvalue weighted by Gasteiger charge is 2.39. The summed E-state index contributed by atoms with van der Waals surface area (Å²) in [5, 5.41) is 0.261. The Balaban J connectivity index is 1.83. The summed E-state index contributed by atoms with van der Waals surface area (Å²) < 4.78 is 7.77. The van der Waals surface area contributed by atoms with Crippen LogP contribution in [0.25, 0.3) is 0 Å². The van der Waals surface area contributed by atoms with Crippen molar-refractivity contribution in [3.63, 3.8) is 0 Å². The fourth-order valence-electron chi connectivity index (χ4n) is 2.99. The van der Waals surface area contributed by atoms with Gasteiger partial charge in [-0.3, -0.25) is 9.36 Å². The first-order valence-electron chi connectivity index (χ1n) is 6.64. The van der Waals surface area contributed by atoms with Gasteiger partial charge in [0.05, 0.1) is 11.9 Å². The van der Waals surface area contributed by atoms with Gasteiger partial charge in [0, 0.05) is 18.7 Å². The van der Waals surface area contributed by atoms with Gasteiger partial charge in [0.25, 0.3) is 5.56 Å². The molecule has 2 fully saturated rings. The van der Waals surface area contributed by atoms with Gasteiger partial charge >= 0.3 is 0 Å². The van der Waals surface area contributed by atoms with Gasteiger partial charge in [-0.25, -0.2) is 4.98 Å². The fourth-order valence-corrected chi connectivity index (χ4v) is 4.37. The molecule has 4 nitrogen and oxygen atoms in total. The monoisotopic (exact) mass is 300 g/mol. The molecule has 19 heavy (non-hydrogen) atoms. The highest BCUT2D eigenvalue weighted by Crippen LogP contribution is 2.40. The molecule has 2 aliphatic rings. The summed E-state index contributed by atoms with van der Waals surface area (Å²) in [6.07, 6.45) is 5.54. The fraction of sp³-hybridized carbons (Fsp3) is 0.692. The van der Waals surface area contributed by atoms with Crippen LogP contribution in [0.1, 0.15) is 31.7 Å². The summed E-state index contributed by atoms with van der Waals surface area (Å²) in [4.78, 5) is 16.0. The molecule has 1 aromatic rings. The van der Waals surface area contributed by atoms with Gasteiger partial charge in [0.2, 0.25) is 0 Å². The Bertz CT molecular complexity index is 508. The Labute approximate surface area is 121 Å². The molecule has 1 unspecified atom stereocenters. The molecular weight excluding hydrogens is 284 g/mol. The minimum atomic E-state index is -0.0627. The van der Waals surface area contributed by atoms with Gasteiger partial charge in [0.15, 0.2) is 0 Å². The molecule has 0 bridgehead atoms. The number of aromatic nitrogens is 2. The maximum Gasteiger partial charge on any atom is 0.255 e. The van der Waals surface area contributed by atoms with E-state index in [0.29, 0.717) is 0 Å². The topological polar surface area (TPSA) is 44.1 Å². The number of ether oxygens (including phenoxy) is 1. The molecule has 0 aliphatic carbocycles. The highest BCUT2D eigenvalue weighted by atomic mass is 35.5. The van der Waals surface area contributed by atoms with Gasteiger partial charge in [-0.1, -0.05) is 11.6 Å². The molecule has 0 radical (unpaired) electrons. The average molecular weight is 301 g/mol. The van der Waals surface area contributed by atoms with E-state index in [2.05, 4.69) is 4.98 Å². The number of hydrogen-bond donors (Lipinski definition) is 0. The van der Waals surface area contributed by atoms with Gasteiger partial charge in [-0.2, -0.15) is 11.8 Å². The molecule has 2 aliphatic heterocycles. The summed E-state index contributed by atoms with van der Waals surface area (Å²) in [5.74, 6) is 2.31. The van der Waals surface area contributed by atoms with E-state index in [-0.39, 0.29) is 22.4 Å². The summed E-state index contributed by atoms with van der Waals surface area (Å²) in [5.41, 5.74) is -0.0833. The lowest BCUT2D eigenvalue weighted by Gasteiger charge is -2.43. The van der Waals surface area contributed by atoms with Gasteiger partial charge in [-0.15, -0.1) is 0 Å². The molecule has 6 heteroatoms. The van der Waals surface area contributed by atoms with Crippen molar-refractivity contribution in [2.45, 2.75) is 37.3 Å². The van der Waals surface area contributed by atoms with E-state index in [9.17, 15) is 4.79 Å². The molecular formula is C13H17ClN2O2S. The number of rotatable bonds is 1. The summed E-state index contributed by atoms with van der Waals surface area (Å²) in [6.45, 7) is 0.727. The Kier molecular flexibility index (Phi) is 3.87. The largest absolute Gasteiger partial charge is 0.375 e. The molecule has 0 amide bonds. The second-order valence-corrected chi connectivity index (χ2v) is 6.86. The summed E-state index contributed by atoms with van der Waals surface area (Å²) in [6, 6.07) is 1.58. The van der Waals surface area contributed by atoms with Crippen molar-refractivity contribution in [3.8, 4) is 0 Å². The predicted molar refractivity (Wildman–Crippen MR) is 77.0 cm³/mol. The van der Waals surface area contributed by atoms with Gasteiger partial charge < -0.3 is 4.74 Å². The van der Waals surface area contributed by atoms with Crippen LogP contribution in [0.3, 0.4) is 0 Å². The van der Waals surface area contributed by atoms with Crippen molar-refractivity contribution in [1.82, 2.24) is 9.55 Å². The van der Waals surface area contributed by atoms with E-state index in [0.717, 1.165) is 43.8 Å². The molecule has 0 saturated carbocycles. The molecule has 1 spiro atoms. The van der Waals surface area contributed by atoms with Crippen LogP contribution in [0.15, 0.2) is 17.2 Å². The number of nitrogens with zero attached hydrogens (tertiary/aromatic N) is 2. The Morgan fingerprint density at radius 1 is 1.47 bits per heavy atom. The molecule has 3 heterocycles. The second kappa shape index (κ2) is 5.46. The van der Waals surface area contributed by atoms with Crippen LogP contribution in [0.2, 0.25) is 5.15 Å². The number of halogens is 1. The lowest BCUT2D eigenvalue weighted by atomic mass is 9.85. The Morgan fingerprint density at radius 3 is 3.00 bits per heavy atom. The smallest absolute Gasteiger partial charge is 0.255 e. The maximum atomic E-state index is 12.0. The third-order valence-electron chi connectivity index (χ3n) is 4.07. The third kappa shape index (κ3) is 2.83. The normalized spacial score (nSPS) is 26.5. The molecule has 1 aromatic heterocycles. The van der Waals surface area contributed by atoms with Crippen LogP contribution in [0, 0.1) is 0 Å². The van der Waals surface area contributed by atoms with E-state index in [1.165, 1.54) is 6.07 Å². The van der Waals surface area contributed by atoms with Gasteiger partial charge in [-0.05, 0) is 37.2 Å². The van der Waals surface area contributed by atoms with E-state index in [1.807, 2.05) is 11.8 Å². The lowest BCUT2D eigenvalue weighted by Crippen LogP contribution is -2.44. The molecule has 0 aromatic carbocycles. The minimum Gasteiger partial charge on any atom is -0.375 e. The Hall–Kier alpha value is -0.520. The SMILES string of the molecule is O=c1cc(Cl)ncn1C1CCOC2(CCSCC2)C1. The third-order valence-corrected chi connectivity index (χ3v) is 5.26. The highest BCUT2D eigenvalue weighted by molar-refractivity contribution is 7.99. The van der Waals surface area contributed by atoms with Crippen molar-refractivity contribution >= 4 is 23.4 Å². The summed E-state index contributed by atoms with van der Waals surface area (Å²) >= 11 is 7.73. The first-order valence-corrected chi connectivity index (χ1v) is 8.17. The molecule has 0 N–H and O–H groups in total. The van der Waals surface area contributed by atoms with Crippen molar-refractivity contribution in [3.05, 3.63) is 27.9 Å². The van der Waals surface area contributed by atoms with Crippen molar-refractivity contribution in [2.24, 2.45) is 0 Å². The molecule has 2 saturated heterocycles.